The van der Waals surface area contributed by atoms with Crippen LogP contribution in [0.1, 0.15) is 41.5 Å². The number of aliphatic hydroxyl groups excluding tert-OH is 1. The largest absolute Gasteiger partial charge is 0.463 e. The van der Waals surface area contributed by atoms with Gasteiger partial charge in [0.1, 0.15) is 49.8 Å². The van der Waals surface area contributed by atoms with E-state index in [4.69, 9.17) is 37.9 Å². The fourth-order valence-corrected chi connectivity index (χ4v) is 4.46. The number of rotatable bonds is 10. The third kappa shape index (κ3) is 9.10. The lowest BCUT2D eigenvalue weighted by Crippen LogP contribution is -2.67. The first kappa shape index (κ1) is 32.4. The quantitative estimate of drug-likeness (QED) is 0.242. The molecule has 15 nitrogen and oxygen atoms in total. The lowest BCUT2D eigenvalue weighted by Gasteiger charge is -2.48. The minimum atomic E-state index is -1.57. The van der Waals surface area contributed by atoms with E-state index in [0.29, 0.717) is 0 Å². The number of aliphatic hydroxyl groups is 1. The molecule has 0 aromatic rings. The summed E-state index contributed by atoms with van der Waals surface area (Å²) in [5, 5.41) is 13.1. The van der Waals surface area contributed by atoms with E-state index in [9.17, 15) is 29.1 Å². The summed E-state index contributed by atoms with van der Waals surface area (Å²) in [5.41, 5.74) is 0. The second-order valence-electron chi connectivity index (χ2n) is 9.25. The SMILES string of the molecule is COC1C(NC(C)=O)[C@H](O)OC(COC(C)=O)[C@H]1O[C@@H]1OC(COC(C)=O)[C@H](C)C(OC(C)=O)C1OC(C)=O. The molecule has 6 unspecified atom stereocenters. The first-order chi connectivity index (χ1) is 18.2. The number of hydrogen-bond acceptors (Lipinski definition) is 14. The molecule has 2 rings (SSSR count). The highest BCUT2D eigenvalue weighted by molar-refractivity contribution is 5.73. The van der Waals surface area contributed by atoms with Gasteiger partial charge in [-0.1, -0.05) is 6.92 Å². The van der Waals surface area contributed by atoms with Gasteiger partial charge in [-0.2, -0.15) is 0 Å². The monoisotopic (exact) mass is 563 g/mol. The van der Waals surface area contributed by atoms with Gasteiger partial charge in [-0.25, -0.2) is 0 Å². The predicted octanol–water partition coefficient (Wildman–Crippen LogP) is -1.04. The van der Waals surface area contributed by atoms with E-state index in [0.717, 1.165) is 6.92 Å². The Labute approximate surface area is 225 Å². The number of ether oxygens (including phenoxy) is 8. The number of esters is 4. The van der Waals surface area contributed by atoms with Crippen molar-refractivity contribution in [3.63, 3.8) is 0 Å². The average molecular weight is 564 g/mol. The first-order valence-corrected chi connectivity index (χ1v) is 12.3. The van der Waals surface area contributed by atoms with Gasteiger partial charge in [-0.05, 0) is 0 Å². The van der Waals surface area contributed by atoms with Crippen LogP contribution in [0.15, 0.2) is 0 Å². The molecular formula is C24H37NO14. The zero-order valence-electron chi connectivity index (χ0n) is 22.9. The van der Waals surface area contributed by atoms with Crippen molar-refractivity contribution in [2.24, 2.45) is 5.92 Å². The van der Waals surface area contributed by atoms with Gasteiger partial charge in [0, 0.05) is 47.6 Å². The number of amides is 1. The molecule has 2 N–H and O–H groups in total. The Kier molecular flexibility index (Phi) is 12.0. The summed E-state index contributed by atoms with van der Waals surface area (Å²) >= 11 is 0. The third-order valence-corrected chi connectivity index (χ3v) is 6.11. The van der Waals surface area contributed by atoms with Crippen LogP contribution in [0.5, 0.6) is 0 Å². The van der Waals surface area contributed by atoms with Crippen molar-refractivity contribution in [3.05, 3.63) is 0 Å². The molecule has 10 atom stereocenters. The highest BCUT2D eigenvalue weighted by Crippen LogP contribution is 2.35. The van der Waals surface area contributed by atoms with Crippen LogP contribution >= 0.6 is 0 Å². The molecule has 0 aliphatic carbocycles. The van der Waals surface area contributed by atoms with Gasteiger partial charge < -0.3 is 48.3 Å². The Morgan fingerprint density at radius 1 is 0.744 bits per heavy atom. The fraction of sp³-hybridized carbons (Fsp3) is 0.792. The number of hydrogen-bond donors (Lipinski definition) is 2. The first-order valence-electron chi connectivity index (χ1n) is 12.3. The molecule has 15 heteroatoms. The number of carbonyl (C=O) groups is 5. The van der Waals surface area contributed by atoms with Gasteiger partial charge in [0.2, 0.25) is 5.91 Å². The maximum Gasteiger partial charge on any atom is 0.303 e. The van der Waals surface area contributed by atoms with Crippen LogP contribution < -0.4 is 5.32 Å². The molecular weight excluding hydrogens is 526 g/mol. The Morgan fingerprint density at radius 3 is 1.77 bits per heavy atom. The van der Waals surface area contributed by atoms with Crippen LogP contribution in [0.4, 0.5) is 0 Å². The number of nitrogens with one attached hydrogen (secondary N) is 1. The van der Waals surface area contributed by atoms with E-state index in [1.54, 1.807) is 6.92 Å². The summed E-state index contributed by atoms with van der Waals surface area (Å²) in [6.45, 7) is 6.97. The molecule has 2 fully saturated rings. The summed E-state index contributed by atoms with van der Waals surface area (Å²) in [6, 6.07) is -1.12. The van der Waals surface area contributed by atoms with E-state index in [2.05, 4.69) is 5.32 Å². The standard InChI is InChI=1S/C24H37NO14/c1-10-16(8-33-12(3)27)38-24(22(36-15(6)30)19(10)35-14(5)29)39-20-17(9-34-13(4)28)37-23(31)18(21(20)32-7)25-11(2)26/h10,16-24,31H,8-9H2,1-7H3,(H,25,26)/t10-,16?,17?,18?,19?,20+,21?,22?,23+,24-/m0/s1. The van der Waals surface area contributed by atoms with Crippen LogP contribution in [0.25, 0.3) is 0 Å². The molecule has 2 aliphatic heterocycles. The number of methoxy groups -OCH3 is 1. The minimum Gasteiger partial charge on any atom is -0.463 e. The fourth-order valence-electron chi connectivity index (χ4n) is 4.46. The highest BCUT2D eigenvalue weighted by atomic mass is 16.7. The topological polar surface area (TPSA) is 191 Å². The van der Waals surface area contributed by atoms with Gasteiger partial charge in [-0.15, -0.1) is 0 Å². The second kappa shape index (κ2) is 14.5. The smallest absolute Gasteiger partial charge is 0.303 e. The van der Waals surface area contributed by atoms with Gasteiger partial charge in [0.05, 0.1) is 0 Å². The van der Waals surface area contributed by atoms with E-state index in [1.165, 1.54) is 34.8 Å². The van der Waals surface area contributed by atoms with Gasteiger partial charge in [0.25, 0.3) is 0 Å². The Hall–Kier alpha value is -2.85. The molecule has 0 bridgehead atoms. The molecule has 2 aliphatic rings. The van der Waals surface area contributed by atoms with Crippen LogP contribution in [-0.2, 0) is 61.9 Å². The molecule has 0 saturated carbocycles. The number of carbonyl (C=O) groups excluding carboxylic acids is 5. The molecule has 39 heavy (non-hydrogen) atoms. The van der Waals surface area contributed by atoms with Crippen molar-refractivity contribution in [2.75, 3.05) is 20.3 Å². The maximum absolute atomic E-state index is 12.0. The summed E-state index contributed by atoms with van der Waals surface area (Å²) in [5.74, 6) is -3.74. The van der Waals surface area contributed by atoms with Crippen LogP contribution in [0.2, 0.25) is 0 Å². The molecule has 0 aromatic heterocycles. The lowest BCUT2D eigenvalue weighted by atomic mass is 9.90. The Bertz CT molecular complexity index is 896. The molecule has 2 heterocycles. The van der Waals surface area contributed by atoms with E-state index >= 15 is 0 Å². The van der Waals surface area contributed by atoms with Crippen LogP contribution in [-0.4, -0.2) is 110 Å². The summed E-state index contributed by atoms with van der Waals surface area (Å²) < 4.78 is 44.6. The highest BCUT2D eigenvalue weighted by Gasteiger charge is 2.54. The summed E-state index contributed by atoms with van der Waals surface area (Å²) in [7, 11) is 1.30. The zero-order chi connectivity index (χ0) is 29.4. The van der Waals surface area contributed by atoms with Crippen molar-refractivity contribution in [1.82, 2.24) is 5.32 Å². The second-order valence-corrected chi connectivity index (χ2v) is 9.25. The van der Waals surface area contributed by atoms with Crippen LogP contribution in [0.3, 0.4) is 0 Å². The van der Waals surface area contributed by atoms with Gasteiger partial charge in [-0.3, -0.25) is 24.0 Å². The lowest BCUT2D eigenvalue weighted by molar-refractivity contribution is -0.342. The maximum atomic E-state index is 12.0. The Balaban J connectivity index is 2.50. The van der Waals surface area contributed by atoms with Gasteiger partial charge in [0.15, 0.2) is 18.7 Å². The molecule has 0 aromatic carbocycles. The molecule has 2 saturated heterocycles. The van der Waals surface area contributed by atoms with Crippen LogP contribution in [0, 0.1) is 5.92 Å². The average Bonchev–Trinajstić information content (AvgIpc) is 2.82. The van der Waals surface area contributed by atoms with Crippen molar-refractivity contribution in [1.29, 1.82) is 0 Å². The summed E-state index contributed by atoms with van der Waals surface area (Å²) in [6.07, 6.45) is -9.69. The predicted molar refractivity (Wildman–Crippen MR) is 126 cm³/mol. The van der Waals surface area contributed by atoms with Crippen molar-refractivity contribution < 1.29 is 67.0 Å². The third-order valence-electron chi connectivity index (χ3n) is 6.11. The van der Waals surface area contributed by atoms with Gasteiger partial charge >= 0.3 is 23.9 Å². The molecule has 222 valence electrons. The molecule has 0 radical (unpaired) electrons. The van der Waals surface area contributed by atoms with E-state index in [-0.39, 0.29) is 13.2 Å². The molecule has 1 amide bonds. The van der Waals surface area contributed by atoms with Crippen molar-refractivity contribution in [3.8, 4) is 0 Å². The van der Waals surface area contributed by atoms with Crippen molar-refractivity contribution in [2.45, 2.75) is 96.8 Å². The minimum absolute atomic E-state index is 0.236. The summed E-state index contributed by atoms with van der Waals surface area (Å²) in [4.78, 5) is 58.8. The molecule has 0 spiro atoms. The van der Waals surface area contributed by atoms with Crippen molar-refractivity contribution >= 4 is 29.8 Å². The Morgan fingerprint density at radius 2 is 1.28 bits per heavy atom. The zero-order valence-corrected chi connectivity index (χ0v) is 22.9. The van der Waals surface area contributed by atoms with E-state index < -0.39 is 90.9 Å². The normalized spacial score (nSPS) is 34.4. The van der Waals surface area contributed by atoms with E-state index in [1.807, 2.05) is 0 Å².